The maximum absolute atomic E-state index is 12.5. The van der Waals surface area contributed by atoms with Crippen molar-refractivity contribution in [1.29, 1.82) is 0 Å². The van der Waals surface area contributed by atoms with E-state index in [0.29, 0.717) is 26.1 Å². The Bertz CT molecular complexity index is 751. The van der Waals surface area contributed by atoms with Gasteiger partial charge in [-0.05, 0) is 29.9 Å². The Hall–Kier alpha value is -2.22. The topological polar surface area (TPSA) is 89.9 Å². The monoisotopic (exact) mass is 388 g/mol. The molecule has 1 saturated heterocycles. The van der Waals surface area contributed by atoms with Crippen molar-refractivity contribution in [3.8, 4) is 0 Å². The van der Waals surface area contributed by atoms with Gasteiger partial charge in [0.2, 0.25) is 0 Å². The van der Waals surface area contributed by atoms with Crippen LogP contribution in [0, 0.1) is 0 Å². The maximum atomic E-state index is 12.5. The smallest absolute Gasteiger partial charge is 0.254 e. The molecule has 3 rings (SSSR count). The SMILES string of the molecule is O=C(NCCc1cccs1)C(O)C(O)C(=O)N1CCC(c2ccccc2)C1. The Morgan fingerprint density at radius 1 is 1.15 bits per heavy atom. The molecule has 3 atom stereocenters. The molecule has 6 nitrogen and oxygen atoms in total. The van der Waals surface area contributed by atoms with Crippen LogP contribution in [0.3, 0.4) is 0 Å². The summed E-state index contributed by atoms with van der Waals surface area (Å²) in [6, 6.07) is 13.8. The number of nitrogens with zero attached hydrogens (tertiary/aromatic N) is 1. The second-order valence-electron chi connectivity index (χ2n) is 6.69. The normalized spacial score (nSPS) is 18.9. The molecule has 1 fully saturated rings. The van der Waals surface area contributed by atoms with Gasteiger partial charge in [0.05, 0.1) is 0 Å². The Kier molecular flexibility index (Phi) is 6.60. The van der Waals surface area contributed by atoms with Crippen molar-refractivity contribution >= 4 is 23.2 Å². The van der Waals surface area contributed by atoms with Crippen LogP contribution in [-0.2, 0) is 16.0 Å². The average Bonchev–Trinajstić information content (AvgIpc) is 3.39. The summed E-state index contributed by atoms with van der Waals surface area (Å²) in [6.07, 6.45) is -2.07. The summed E-state index contributed by atoms with van der Waals surface area (Å²) in [5.41, 5.74) is 1.15. The Balaban J connectivity index is 1.48. The van der Waals surface area contributed by atoms with Gasteiger partial charge < -0.3 is 20.4 Å². The van der Waals surface area contributed by atoms with E-state index in [1.807, 2.05) is 47.8 Å². The van der Waals surface area contributed by atoms with E-state index >= 15 is 0 Å². The van der Waals surface area contributed by atoms with Crippen molar-refractivity contribution in [2.75, 3.05) is 19.6 Å². The first-order valence-electron chi connectivity index (χ1n) is 9.06. The van der Waals surface area contributed by atoms with E-state index in [9.17, 15) is 19.8 Å². The lowest BCUT2D eigenvalue weighted by atomic mass is 9.99. The summed E-state index contributed by atoms with van der Waals surface area (Å²) in [5, 5.41) is 24.7. The molecule has 1 aliphatic rings. The van der Waals surface area contributed by atoms with Gasteiger partial charge in [0, 0.05) is 30.4 Å². The van der Waals surface area contributed by atoms with Crippen LogP contribution in [0.1, 0.15) is 22.8 Å². The first-order chi connectivity index (χ1) is 13.1. The minimum Gasteiger partial charge on any atom is -0.380 e. The molecule has 1 aliphatic heterocycles. The number of nitrogens with one attached hydrogen (secondary N) is 1. The lowest BCUT2D eigenvalue weighted by Gasteiger charge is -2.23. The fraction of sp³-hybridized carbons (Fsp3) is 0.400. The Morgan fingerprint density at radius 3 is 2.63 bits per heavy atom. The molecular formula is C20H24N2O4S. The summed E-state index contributed by atoms with van der Waals surface area (Å²) in [7, 11) is 0. The molecule has 2 amide bonds. The molecule has 3 N–H and O–H groups in total. The number of likely N-dealkylation sites (tertiary alicyclic amines) is 1. The summed E-state index contributed by atoms with van der Waals surface area (Å²) >= 11 is 1.59. The number of hydrogen-bond acceptors (Lipinski definition) is 5. The minimum atomic E-state index is -1.77. The average molecular weight is 388 g/mol. The van der Waals surface area contributed by atoms with Crippen LogP contribution < -0.4 is 5.32 Å². The second-order valence-corrected chi connectivity index (χ2v) is 7.72. The first kappa shape index (κ1) is 19.5. The van der Waals surface area contributed by atoms with Gasteiger partial charge in [0.25, 0.3) is 11.8 Å². The fourth-order valence-electron chi connectivity index (χ4n) is 3.29. The van der Waals surface area contributed by atoms with Crippen LogP contribution in [0.4, 0.5) is 0 Å². The molecule has 0 saturated carbocycles. The molecule has 27 heavy (non-hydrogen) atoms. The van der Waals surface area contributed by atoms with Gasteiger partial charge in [-0.3, -0.25) is 9.59 Å². The van der Waals surface area contributed by atoms with Crippen molar-refractivity contribution in [2.24, 2.45) is 0 Å². The summed E-state index contributed by atoms with van der Waals surface area (Å²) < 4.78 is 0. The Labute approximate surface area is 162 Å². The number of rotatable bonds is 7. The third-order valence-corrected chi connectivity index (χ3v) is 5.78. The van der Waals surface area contributed by atoms with E-state index in [4.69, 9.17) is 0 Å². The number of carbonyl (C=O) groups is 2. The zero-order valence-corrected chi connectivity index (χ0v) is 15.8. The van der Waals surface area contributed by atoms with Crippen LogP contribution in [-0.4, -0.2) is 58.8 Å². The van der Waals surface area contributed by atoms with Gasteiger partial charge in [0.15, 0.2) is 12.2 Å². The molecule has 2 heterocycles. The molecule has 0 aliphatic carbocycles. The molecule has 7 heteroatoms. The van der Waals surface area contributed by atoms with Gasteiger partial charge in [-0.2, -0.15) is 0 Å². The molecule has 144 valence electrons. The van der Waals surface area contributed by atoms with E-state index in [-0.39, 0.29) is 5.92 Å². The Morgan fingerprint density at radius 2 is 1.93 bits per heavy atom. The van der Waals surface area contributed by atoms with Gasteiger partial charge in [-0.1, -0.05) is 36.4 Å². The molecule has 0 radical (unpaired) electrons. The van der Waals surface area contributed by atoms with Crippen molar-refractivity contribution in [1.82, 2.24) is 10.2 Å². The van der Waals surface area contributed by atoms with E-state index in [0.717, 1.165) is 16.9 Å². The highest BCUT2D eigenvalue weighted by Gasteiger charge is 2.36. The fourth-order valence-corrected chi connectivity index (χ4v) is 4.00. The van der Waals surface area contributed by atoms with E-state index in [1.165, 1.54) is 4.90 Å². The third kappa shape index (κ3) is 4.94. The lowest BCUT2D eigenvalue weighted by molar-refractivity contribution is -0.152. The molecule has 2 aromatic rings. The molecule has 3 unspecified atom stereocenters. The number of amides is 2. The van der Waals surface area contributed by atoms with Gasteiger partial charge >= 0.3 is 0 Å². The highest BCUT2D eigenvalue weighted by atomic mass is 32.1. The van der Waals surface area contributed by atoms with Crippen molar-refractivity contribution in [3.05, 3.63) is 58.3 Å². The predicted molar refractivity (Wildman–Crippen MR) is 103 cm³/mol. The predicted octanol–water partition coefficient (Wildman–Crippen LogP) is 1.14. The van der Waals surface area contributed by atoms with E-state index < -0.39 is 24.0 Å². The third-order valence-electron chi connectivity index (χ3n) is 4.84. The van der Waals surface area contributed by atoms with Crippen LogP contribution in [0.15, 0.2) is 47.8 Å². The summed E-state index contributed by atoms with van der Waals surface area (Å²) in [6.45, 7) is 1.33. The zero-order chi connectivity index (χ0) is 19.2. The van der Waals surface area contributed by atoms with Crippen LogP contribution >= 0.6 is 11.3 Å². The maximum Gasteiger partial charge on any atom is 0.254 e. The van der Waals surface area contributed by atoms with Gasteiger partial charge in [0.1, 0.15) is 0 Å². The number of aliphatic hydroxyl groups is 2. The highest BCUT2D eigenvalue weighted by Crippen LogP contribution is 2.27. The molecule has 0 spiro atoms. The van der Waals surface area contributed by atoms with Crippen LogP contribution in [0.2, 0.25) is 0 Å². The highest BCUT2D eigenvalue weighted by molar-refractivity contribution is 7.09. The summed E-state index contributed by atoms with van der Waals surface area (Å²) in [4.78, 5) is 27.1. The quantitative estimate of drug-likeness (QED) is 0.664. The van der Waals surface area contributed by atoms with Crippen LogP contribution in [0.25, 0.3) is 0 Å². The van der Waals surface area contributed by atoms with E-state index in [1.54, 1.807) is 11.3 Å². The zero-order valence-electron chi connectivity index (χ0n) is 15.0. The largest absolute Gasteiger partial charge is 0.380 e. The number of benzene rings is 1. The lowest BCUT2D eigenvalue weighted by Crippen LogP contribution is -2.50. The minimum absolute atomic E-state index is 0.208. The van der Waals surface area contributed by atoms with Gasteiger partial charge in [-0.25, -0.2) is 0 Å². The van der Waals surface area contributed by atoms with Crippen molar-refractivity contribution < 1.29 is 19.8 Å². The number of aliphatic hydroxyl groups excluding tert-OH is 2. The van der Waals surface area contributed by atoms with Gasteiger partial charge in [-0.15, -0.1) is 11.3 Å². The first-order valence-corrected chi connectivity index (χ1v) is 9.94. The second kappa shape index (κ2) is 9.12. The number of carbonyl (C=O) groups excluding carboxylic acids is 2. The van der Waals surface area contributed by atoms with E-state index in [2.05, 4.69) is 5.32 Å². The standard InChI is InChI=1S/C20H24N2O4S/c23-17(19(25)21-10-8-16-7-4-12-27-16)18(24)20(26)22-11-9-15(13-22)14-5-2-1-3-6-14/h1-7,12,15,17-18,23-24H,8-11,13H2,(H,21,25). The van der Waals surface area contributed by atoms with Crippen molar-refractivity contribution in [2.45, 2.75) is 31.0 Å². The van der Waals surface area contributed by atoms with Crippen molar-refractivity contribution in [3.63, 3.8) is 0 Å². The molecule has 0 bridgehead atoms. The summed E-state index contributed by atoms with van der Waals surface area (Å²) in [5.74, 6) is -1.13. The number of thiophene rings is 1. The number of hydrogen-bond donors (Lipinski definition) is 3. The molecule has 1 aromatic carbocycles. The van der Waals surface area contributed by atoms with Crippen LogP contribution in [0.5, 0.6) is 0 Å². The molecular weight excluding hydrogens is 364 g/mol. The molecule has 1 aromatic heterocycles.